The molecule has 0 bridgehead atoms. The number of hydrogen-bond acceptors (Lipinski definition) is 9. The van der Waals surface area contributed by atoms with Gasteiger partial charge in [-0.15, -0.1) is 6.42 Å². The summed E-state index contributed by atoms with van der Waals surface area (Å²) in [5.41, 5.74) is -0.710. The van der Waals surface area contributed by atoms with Gasteiger partial charge in [0.1, 0.15) is 53.4 Å². The summed E-state index contributed by atoms with van der Waals surface area (Å²) in [7, 11) is 1.94. The normalized spacial score (nSPS) is 25.6. The van der Waals surface area contributed by atoms with Gasteiger partial charge in [-0.2, -0.15) is 9.97 Å². The third kappa shape index (κ3) is 4.90. The molecule has 0 saturated carbocycles. The number of pyridine rings is 1. The van der Waals surface area contributed by atoms with E-state index in [9.17, 15) is 13.9 Å². The molecule has 6 heterocycles. The van der Waals surface area contributed by atoms with Crippen molar-refractivity contribution in [1.82, 2.24) is 25.2 Å². The monoisotopic (exact) mass is 644 g/mol. The Morgan fingerprint density at radius 2 is 2.04 bits per heavy atom. The molecule has 4 atom stereocenters. The molecule has 0 amide bonds. The minimum Gasteiger partial charge on any atom is -0.508 e. The van der Waals surface area contributed by atoms with Crippen LogP contribution in [0.25, 0.3) is 32.9 Å². The maximum absolute atomic E-state index is 17.0. The van der Waals surface area contributed by atoms with Crippen molar-refractivity contribution >= 4 is 27.5 Å². The Hall–Kier alpha value is -4.34. The number of phenolic OH excluding ortho intramolecular Hbond substituents is 1. The standard InChI is InChI=1S/C35H35F3N6O3/c1-3-24-26(37)8-7-19-12-23(45)14-25(27(19)24)30-29(38)31-28-32(44-11-4-6-21(39-2)13-22(44)17-46-33(28)40-30)42-34(41-31)47-18-35-9-5-10-43(35)16-20(36)15-35/h1,7-8,12,14,20-22,39,45H,4-6,9-11,13,15-18H2,2H3/t20-,21-,22+,35+/m1/s1. The third-order valence-electron chi connectivity index (χ3n) is 10.4. The third-order valence-corrected chi connectivity index (χ3v) is 10.4. The highest BCUT2D eigenvalue weighted by Crippen LogP contribution is 2.45. The number of aromatic hydroxyl groups is 1. The summed E-state index contributed by atoms with van der Waals surface area (Å²) < 4.78 is 59.1. The number of benzene rings is 2. The van der Waals surface area contributed by atoms with E-state index in [4.69, 9.17) is 20.9 Å². The summed E-state index contributed by atoms with van der Waals surface area (Å²) >= 11 is 0. The van der Waals surface area contributed by atoms with Crippen LogP contribution in [0.3, 0.4) is 0 Å². The molecule has 12 heteroatoms. The van der Waals surface area contributed by atoms with Crippen LogP contribution in [0.5, 0.6) is 17.6 Å². The number of rotatable bonds is 5. The molecular formula is C35H35F3N6O3. The van der Waals surface area contributed by atoms with Crippen molar-refractivity contribution < 1.29 is 27.8 Å². The van der Waals surface area contributed by atoms with Gasteiger partial charge in [0.05, 0.1) is 17.1 Å². The molecule has 0 aliphatic carbocycles. The van der Waals surface area contributed by atoms with Crippen molar-refractivity contribution in [1.29, 1.82) is 0 Å². The second-order valence-corrected chi connectivity index (χ2v) is 13.2. The number of phenols is 1. The fourth-order valence-electron chi connectivity index (χ4n) is 8.20. The lowest BCUT2D eigenvalue weighted by molar-refractivity contribution is 0.107. The van der Waals surface area contributed by atoms with Crippen molar-refractivity contribution in [2.45, 2.75) is 62.3 Å². The zero-order valence-corrected chi connectivity index (χ0v) is 26.0. The van der Waals surface area contributed by atoms with Crippen LogP contribution in [0.15, 0.2) is 24.3 Å². The van der Waals surface area contributed by atoms with Gasteiger partial charge in [0.25, 0.3) is 0 Å². The fraction of sp³-hybridized carbons (Fsp3) is 0.457. The van der Waals surface area contributed by atoms with E-state index >= 15 is 4.39 Å². The largest absolute Gasteiger partial charge is 0.508 e. The predicted octanol–water partition coefficient (Wildman–Crippen LogP) is 5.10. The van der Waals surface area contributed by atoms with Crippen molar-refractivity contribution in [3.63, 3.8) is 0 Å². The number of nitrogens with one attached hydrogen (secondary N) is 1. The molecule has 2 N–H and O–H groups in total. The van der Waals surface area contributed by atoms with Gasteiger partial charge >= 0.3 is 6.01 Å². The van der Waals surface area contributed by atoms with Gasteiger partial charge in [0, 0.05) is 36.5 Å². The van der Waals surface area contributed by atoms with E-state index in [0.717, 1.165) is 38.6 Å². The molecule has 4 aliphatic rings. The van der Waals surface area contributed by atoms with E-state index in [1.165, 1.54) is 24.3 Å². The molecule has 9 nitrogen and oxygen atoms in total. The molecule has 0 radical (unpaired) electrons. The number of ether oxygens (including phenoxy) is 2. The topological polar surface area (TPSA) is 95.9 Å². The van der Waals surface area contributed by atoms with E-state index < -0.39 is 23.3 Å². The summed E-state index contributed by atoms with van der Waals surface area (Å²) in [6.07, 6.45) is 9.50. The SMILES string of the molecule is C#Cc1c(F)ccc2cc(O)cc(-c3nc4c5c(nc(OC[C@@]67CCCN6C[C@H](F)C7)nc5c3F)N3CCC[C@@H](NC)C[C@H]3CO4)c12. The highest BCUT2D eigenvalue weighted by atomic mass is 19.1. The smallest absolute Gasteiger partial charge is 0.319 e. The quantitative estimate of drug-likeness (QED) is 0.288. The van der Waals surface area contributed by atoms with Crippen LogP contribution in [0, 0.1) is 24.0 Å². The number of hydrogen-bond donors (Lipinski definition) is 2. The number of aromatic nitrogens is 3. The Morgan fingerprint density at radius 3 is 2.87 bits per heavy atom. The molecular weight excluding hydrogens is 609 g/mol. The van der Waals surface area contributed by atoms with Crippen molar-refractivity contribution in [3.8, 4) is 41.2 Å². The van der Waals surface area contributed by atoms with Crippen LogP contribution in [-0.2, 0) is 0 Å². The Balaban J connectivity index is 1.33. The van der Waals surface area contributed by atoms with E-state index in [0.29, 0.717) is 36.1 Å². The second-order valence-electron chi connectivity index (χ2n) is 13.2. The van der Waals surface area contributed by atoms with Crippen LogP contribution in [0.1, 0.15) is 44.1 Å². The molecule has 2 aromatic heterocycles. The Bertz CT molecular complexity index is 1950. The highest BCUT2D eigenvalue weighted by Gasteiger charge is 2.49. The van der Waals surface area contributed by atoms with Gasteiger partial charge in [-0.05, 0) is 69.3 Å². The first-order valence-corrected chi connectivity index (χ1v) is 16.2. The van der Waals surface area contributed by atoms with Gasteiger partial charge in [0.15, 0.2) is 5.82 Å². The van der Waals surface area contributed by atoms with Gasteiger partial charge in [-0.3, -0.25) is 4.90 Å². The van der Waals surface area contributed by atoms with Crippen LogP contribution in [0.2, 0.25) is 0 Å². The molecule has 4 aliphatic heterocycles. The summed E-state index contributed by atoms with van der Waals surface area (Å²) in [5, 5.41) is 15.0. The summed E-state index contributed by atoms with van der Waals surface area (Å²) in [5.74, 6) is 1.33. The molecule has 4 aromatic rings. The van der Waals surface area contributed by atoms with Gasteiger partial charge in [-0.1, -0.05) is 12.0 Å². The number of halogens is 3. The number of fused-ring (bicyclic) bond motifs is 4. The molecule has 2 aromatic carbocycles. The van der Waals surface area contributed by atoms with Gasteiger partial charge in [0.2, 0.25) is 5.88 Å². The highest BCUT2D eigenvalue weighted by molar-refractivity contribution is 6.04. The second kappa shape index (κ2) is 11.4. The molecule has 3 saturated heterocycles. The lowest BCUT2D eigenvalue weighted by Crippen LogP contribution is -2.43. The van der Waals surface area contributed by atoms with Crippen molar-refractivity contribution in [2.75, 3.05) is 44.8 Å². The zero-order valence-electron chi connectivity index (χ0n) is 26.0. The van der Waals surface area contributed by atoms with Crippen molar-refractivity contribution in [2.24, 2.45) is 0 Å². The van der Waals surface area contributed by atoms with E-state index in [1.807, 2.05) is 7.05 Å². The average Bonchev–Trinajstić information content (AvgIpc) is 3.44. The van der Waals surface area contributed by atoms with E-state index in [-0.39, 0.29) is 70.7 Å². The zero-order chi connectivity index (χ0) is 32.4. The minimum atomic E-state index is -0.931. The van der Waals surface area contributed by atoms with Gasteiger partial charge < -0.3 is 24.8 Å². The summed E-state index contributed by atoms with van der Waals surface area (Å²) in [4.78, 5) is 18.4. The molecule has 8 rings (SSSR count). The Morgan fingerprint density at radius 1 is 1.17 bits per heavy atom. The molecule has 0 unspecified atom stereocenters. The van der Waals surface area contributed by atoms with Crippen molar-refractivity contribution in [3.05, 3.63) is 41.5 Å². The number of alkyl halides is 1. The average molecular weight is 645 g/mol. The maximum atomic E-state index is 17.0. The number of nitrogens with zero attached hydrogens (tertiary/aromatic N) is 5. The number of terminal acetylenes is 1. The maximum Gasteiger partial charge on any atom is 0.319 e. The predicted molar refractivity (Wildman–Crippen MR) is 172 cm³/mol. The first-order chi connectivity index (χ1) is 22.8. The Kier molecular flexibility index (Phi) is 7.29. The lowest BCUT2D eigenvalue weighted by Gasteiger charge is -2.31. The fourth-order valence-corrected chi connectivity index (χ4v) is 8.20. The minimum absolute atomic E-state index is 0.0239. The van der Waals surface area contributed by atoms with Crippen LogP contribution >= 0.6 is 0 Å². The molecule has 244 valence electrons. The first kappa shape index (κ1) is 30.0. The van der Waals surface area contributed by atoms with E-state index in [2.05, 4.69) is 31.0 Å². The Labute approximate surface area is 270 Å². The van der Waals surface area contributed by atoms with E-state index in [1.54, 1.807) is 0 Å². The van der Waals surface area contributed by atoms with Gasteiger partial charge in [-0.25, -0.2) is 18.2 Å². The molecule has 0 spiro atoms. The molecule has 3 fully saturated rings. The number of anilines is 1. The van der Waals surface area contributed by atoms with Crippen LogP contribution < -0.4 is 19.7 Å². The molecule has 47 heavy (non-hydrogen) atoms. The lowest BCUT2D eigenvalue weighted by atomic mass is 9.95. The summed E-state index contributed by atoms with van der Waals surface area (Å²) in [6, 6.07) is 5.56. The first-order valence-electron chi connectivity index (χ1n) is 16.2. The summed E-state index contributed by atoms with van der Waals surface area (Å²) in [6.45, 7) is 2.27. The van der Waals surface area contributed by atoms with Crippen LogP contribution in [0.4, 0.5) is 19.0 Å². The van der Waals surface area contributed by atoms with Crippen LogP contribution in [-0.4, -0.2) is 88.6 Å².